The van der Waals surface area contributed by atoms with Crippen LogP contribution in [0.1, 0.15) is 33.6 Å². The molecule has 1 atom stereocenters. The lowest BCUT2D eigenvalue weighted by Crippen LogP contribution is -2.40. The van der Waals surface area contributed by atoms with E-state index in [1.807, 2.05) is 20.8 Å². The molecule has 0 aliphatic carbocycles. The fourth-order valence-corrected chi connectivity index (χ4v) is 1.47. The van der Waals surface area contributed by atoms with Crippen molar-refractivity contribution in [1.29, 1.82) is 0 Å². The number of terminal acetylenes is 1. The molecule has 2 N–H and O–H groups in total. The molecule has 1 unspecified atom stereocenters. The van der Waals surface area contributed by atoms with Gasteiger partial charge in [0.2, 0.25) is 0 Å². The Morgan fingerprint density at radius 3 is 2.37 bits per heavy atom. The standard InChI is InChI=1S/C14H26BNO3/c1-5-9-17-11-12-18-13(2,3)7-10-19-14(4,16)6-8-15/h1H,6-12,16H2,2-4H3. The van der Waals surface area contributed by atoms with E-state index in [2.05, 4.69) is 5.92 Å². The Bertz CT molecular complexity index is 274. The van der Waals surface area contributed by atoms with E-state index in [9.17, 15) is 0 Å². The van der Waals surface area contributed by atoms with Crippen LogP contribution in [0.2, 0.25) is 6.32 Å². The maximum Gasteiger partial charge on any atom is 0.113 e. The first kappa shape index (κ1) is 18.5. The summed E-state index contributed by atoms with van der Waals surface area (Å²) in [5, 5.41) is 0. The SMILES string of the molecule is [B]CCC(C)(N)OCCC(C)(C)OCCOCC#C. The zero-order chi connectivity index (χ0) is 14.8. The monoisotopic (exact) mass is 267 g/mol. The molecule has 5 heteroatoms. The molecule has 0 aliphatic heterocycles. The maximum absolute atomic E-state index is 5.93. The van der Waals surface area contributed by atoms with E-state index >= 15 is 0 Å². The second-order valence-corrected chi connectivity index (χ2v) is 5.31. The van der Waals surface area contributed by atoms with Crippen LogP contribution in [0, 0.1) is 12.3 Å². The minimum atomic E-state index is -0.666. The zero-order valence-electron chi connectivity index (χ0n) is 12.4. The molecule has 0 saturated heterocycles. The molecule has 0 aromatic carbocycles. The van der Waals surface area contributed by atoms with Crippen molar-refractivity contribution in [2.75, 3.05) is 26.4 Å². The third-order valence-corrected chi connectivity index (χ3v) is 2.68. The molecule has 2 radical (unpaired) electrons. The van der Waals surface area contributed by atoms with E-state index in [0.29, 0.717) is 39.2 Å². The van der Waals surface area contributed by atoms with Crippen LogP contribution in [-0.2, 0) is 14.2 Å². The highest BCUT2D eigenvalue weighted by Crippen LogP contribution is 2.17. The van der Waals surface area contributed by atoms with Crippen molar-refractivity contribution < 1.29 is 14.2 Å². The Labute approximate surface area is 118 Å². The molecule has 108 valence electrons. The molecule has 0 saturated carbocycles. The van der Waals surface area contributed by atoms with Crippen LogP contribution in [0.25, 0.3) is 0 Å². The molecule has 0 fully saturated rings. The third-order valence-electron chi connectivity index (χ3n) is 2.68. The summed E-state index contributed by atoms with van der Waals surface area (Å²) >= 11 is 0. The van der Waals surface area contributed by atoms with E-state index in [0.717, 1.165) is 6.42 Å². The summed E-state index contributed by atoms with van der Waals surface area (Å²) in [4.78, 5) is 0. The quantitative estimate of drug-likeness (QED) is 0.267. The largest absolute Gasteiger partial charge is 0.373 e. The lowest BCUT2D eigenvalue weighted by atomic mass is 9.96. The van der Waals surface area contributed by atoms with Gasteiger partial charge in [-0.3, -0.25) is 0 Å². The van der Waals surface area contributed by atoms with Crippen molar-refractivity contribution in [2.45, 2.75) is 51.3 Å². The van der Waals surface area contributed by atoms with Crippen LogP contribution in [-0.4, -0.2) is 45.6 Å². The Balaban J connectivity index is 3.75. The highest BCUT2D eigenvalue weighted by molar-refractivity contribution is 6.08. The number of hydrogen-bond donors (Lipinski definition) is 1. The number of ether oxygens (including phenoxy) is 3. The van der Waals surface area contributed by atoms with Crippen molar-refractivity contribution in [1.82, 2.24) is 0 Å². The molecule has 4 nitrogen and oxygen atoms in total. The topological polar surface area (TPSA) is 53.7 Å². The van der Waals surface area contributed by atoms with Gasteiger partial charge in [-0.1, -0.05) is 12.2 Å². The van der Waals surface area contributed by atoms with Crippen molar-refractivity contribution in [3.8, 4) is 12.3 Å². The minimum absolute atomic E-state index is 0.279. The molecule has 0 rings (SSSR count). The molecule has 0 heterocycles. The van der Waals surface area contributed by atoms with Crippen molar-refractivity contribution in [2.24, 2.45) is 5.73 Å². The molecular weight excluding hydrogens is 241 g/mol. The number of hydrogen-bond acceptors (Lipinski definition) is 4. The summed E-state index contributed by atoms with van der Waals surface area (Å²) in [6.07, 6.45) is 6.97. The maximum atomic E-state index is 5.93. The van der Waals surface area contributed by atoms with Gasteiger partial charge in [0.1, 0.15) is 12.3 Å². The van der Waals surface area contributed by atoms with Crippen LogP contribution in [0.5, 0.6) is 0 Å². The highest BCUT2D eigenvalue weighted by Gasteiger charge is 2.22. The van der Waals surface area contributed by atoms with Gasteiger partial charge in [-0.05, 0) is 33.6 Å². The first-order valence-corrected chi connectivity index (χ1v) is 6.61. The summed E-state index contributed by atoms with van der Waals surface area (Å²) in [6.45, 7) is 7.71. The van der Waals surface area contributed by atoms with Crippen LogP contribution in [0.3, 0.4) is 0 Å². The molecule has 0 bridgehead atoms. The lowest BCUT2D eigenvalue weighted by molar-refractivity contribution is -0.0855. The summed E-state index contributed by atoms with van der Waals surface area (Å²) in [7, 11) is 5.47. The predicted molar refractivity (Wildman–Crippen MR) is 78.0 cm³/mol. The van der Waals surface area contributed by atoms with Crippen molar-refractivity contribution in [3.63, 3.8) is 0 Å². The summed E-state index contributed by atoms with van der Waals surface area (Å²) < 4.78 is 16.5. The fourth-order valence-electron chi connectivity index (χ4n) is 1.47. The normalized spacial score (nSPS) is 14.9. The van der Waals surface area contributed by atoms with Gasteiger partial charge < -0.3 is 19.9 Å². The highest BCUT2D eigenvalue weighted by atomic mass is 16.5. The lowest BCUT2D eigenvalue weighted by Gasteiger charge is -2.29. The fraction of sp³-hybridized carbons (Fsp3) is 0.857. The van der Waals surface area contributed by atoms with Gasteiger partial charge in [0.25, 0.3) is 0 Å². The Morgan fingerprint density at radius 1 is 1.11 bits per heavy atom. The van der Waals surface area contributed by atoms with E-state index in [1.54, 1.807) is 0 Å². The summed E-state index contributed by atoms with van der Waals surface area (Å²) in [6, 6.07) is 0. The van der Waals surface area contributed by atoms with Crippen molar-refractivity contribution in [3.05, 3.63) is 0 Å². The van der Waals surface area contributed by atoms with Gasteiger partial charge in [0.05, 0.1) is 33.3 Å². The third kappa shape index (κ3) is 11.0. The molecule has 19 heavy (non-hydrogen) atoms. The van der Waals surface area contributed by atoms with E-state index in [4.69, 9.17) is 34.2 Å². The van der Waals surface area contributed by atoms with Crippen LogP contribution in [0.15, 0.2) is 0 Å². The van der Waals surface area contributed by atoms with Gasteiger partial charge >= 0.3 is 0 Å². The number of rotatable bonds is 11. The smallest absolute Gasteiger partial charge is 0.113 e. The van der Waals surface area contributed by atoms with Gasteiger partial charge in [-0.2, -0.15) is 0 Å². The molecule has 0 aromatic heterocycles. The van der Waals surface area contributed by atoms with Gasteiger partial charge in [-0.15, -0.1) is 6.42 Å². The minimum Gasteiger partial charge on any atom is -0.373 e. The van der Waals surface area contributed by atoms with E-state index < -0.39 is 5.72 Å². The van der Waals surface area contributed by atoms with Gasteiger partial charge in [0, 0.05) is 0 Å². The Hall–Kier alpha value is -0.535. The molecule has 0 aromatic rings. The van der Waals surface area contributed by atoms with E-state index in [1.165, 1.54) is 0 Å². The average Bonchev–Trinajstić information content (AvgIpc) is 2.27. The molecule has 0 spiro atoms. The summed E-state index contributed by atoms with van der Waals surface area (Å²) in [5.74, 6) is 2.41. The van der Waals surface area contributed by atoms with Crippen molar-refractivity contribution >= 4 is 7.85 Å². The molecule has 0 amide bonds. The second-order valence-electron chi connectivity index (χ2n) is 5.31. The second kappa shape index (κ2) is 9.38. The Morgan fingerprint density at radius 2 is 1.79 bits per heavy atom. The average molecular weight is 267 g/mol. The van der Waals surface area contributed by atoms with Crippen LogP contribution >= 0.6 is 0 Å². The molecule has 0 aliphatic rings. The van der Waals surface area contributed by atoms with E-state index in [-0.39, 0.29) is 5.60 Å². The Kier molecular flexibility index (Phi) is 9.12. The van der Waals surface area contributed by atoms with Gasteiger partial charge in [0.15, 0.2) is 0 Å². The summed E-state index contributed by atoms with van der Waals surface area (Å²) in [5.41, 5.74) is 4.98. The predicted octanol–water partition coefficient (Wildman–Crippen LogP) is 1.49. The van der Waals surface area contributed by atoms with Gasteiger partial charge in [-0.25, -0.2) is 0 Å². The zero-order valence-corrected chi connectivity index (χ0v) is 12.4. The van der Waals surface area contributed by atoms with Crippen LogP contribution in [0.4, 0.5) is 0 Å². The van der Waals surface area contributed by atoms with Crippen LogP contribution < -0.4 is 5.73 Å². The first-order chi connectivity index (χ1) is 8.83. The first-order valence-electron chi connectivity index (χ1n) is 6.61. The number of nitrogens with two attached hydrogens (primary N) is 1. The molecular formula is C14H26BNO3.